The van der Waals surface area contributed by atoms with Gasteiger partial charge in [0.05, 0.1) is 5.52 Å². The van der Waals surface area contributed by atoms with Crippen LogP contribution >= 0.6 is 12.2 Å². The van der Waals surface area contributed by atoms with Crippen molar-refractivity contribution in [2.75, 3.05) is 31.1 Å². The van der Waals surface area contributed by atoms with Crippen LogP contribution in [0.25, 0.3) is 10.9 Å². The molecule has 1 saturated heterocycles. The van der Waals surface area contributed by atoms with E-state index in [0.717, 1.165) is 42.6 Å². The smallest absolute Gasteiger partial charge is 0.169 e. The highest BCUT2D eigenvalue weighted by molar-refractivity contribution is 7.80. The van der Waals surface area contributed by atoms with Crippen molar-refractivity contribution in [2.24, 2.45) is 0 Å². The van der Waals surface area contributed by atoms with Crippen molar-refractivity contribution in [1.82, 2.24) is 15.2 Å². The van der Waals surface area contributed by atoms with E-state index >= 15 is 0 Å². The van der Waals surface area contributed by atoms with Crippen molar-refractivity contribution in [3.63, 3.8) is 0 Å². The molecule has 4 rings (SSSR count). The molecule has 2 aliphatic rings. The molecule has 138 valence electrons. The van der Waals surface area contributed by atoms with Crippen LogP contribution in [0.5, 0.6) is 0 Å². The maximum absolute atomic E-state index is 5.67. The normalized spacial score (nSPS) is 19.0. The van der Waals surface area contributed by atoms with Crippen molar-refractivity contribution in [1.29, 1.82) is 0 Å². The molecule has 2 fully saturated rings. The highest BCUT2D eigenvalue weighted by Crippen LogP contribution is 2.23. The number of thiocarbonyl (C=S) groups is 1. The largest absolute Gasteiger partial charge is 0.360 e. The Hall–Kier alpha value is -1.88. The number of piperazine rings is 1. The Kier molecular flexibility index (Phi) is 5.25. The first-order chi connectivity index (χ1) is 12.7. The molecule has 4 nitrogen and oxygen atoms in total. The van der Waals surface area contributed by atoms with E-state index in [1.54, 1.807) is 0 Å². The number of fused-ring (bicyclic) bond motifs is 1. The van der Waals surface area contributed by atoms with Gasteiger partial charge in [0.15, 0.2) is 5.11 Å². The quantitative estimate of drug-likeness (QED) is 0.813. The van der Waals surface area contributed by atoms with Crippen LogP contribution < -0.4 is 10.2 Å². The highest BCUT2D eigenvalue weighted by atomic mass is 32.1. The van der Waals surface area contributed by atoms with Crippen LogP contribution in [0, 0.1) is 6.92 Å². The molecule has 26 heavy (non-hydrogen) atoms. The lowest BCUT2D eigenvalue weighted by molar-refractivity contribution is 0.354. The van der Waals surface area contributed by atoms with Gasteiger partial charge < -0.3 is 15.1 Å². The van der Waals surface area contributed by atoms with Crippen LogP contribution in [0.15, 0.2) is 30.3 Å². The van der Waals surface area contributed by atoms with E-state index in [4.69, 9.17) is 17.2 Å². The first-order valence-corrected chi connectivity index (χ1v) is 10.3. The Labute approximate surface area is 161 Å². The molecule has 5 heteroatoms. The summed E-state index contributed by atoms with van der Waals surface area (Å²) < 4.78 is 0. The molecule has 0 unspecified atom stereocenters. The monoisotopic (exact) mass is 368 g/mol. The number of hydrogen-bond acceptors (Lipinski definition) is 3. The summed E-state index contributed by atoms with van der Waals surface area (Å²) in [6.45, 7) is 6.04. The Balaban J connectivity index is 1.38. The van der Waals surface area contributed by atoms with E-state index in [-0.39, 0.29) is 0 Å². The highest BCUT2D eigenvalue weighted by Gasteiger charge is 2.22. The zero-order valence-electron chi connectivity index (χ0n) is 15.6. The van der Waals surface area contributed by atoms with Gasteiger partial charge in [-0.25, -0.2) is 4.98 Å². The fourth-order valence-electron chi connectivity index (χ4n) is 4.15. The van der Waals surface area contributed by atoms with E-state index in [9.17, 15) is 0 Å². The number of nitrogens with zero attached hydrogens (tertiary/aromatic N) is 3. The van der Waals surface area contributed by atoms with E-state index in [1.165, 1.54) is 43.1 Å². The molecule has 1 aromatic carbocycles. The second-order valence-electron chi connectivity index (χ2n) is 7.57. The predicted molar refractivity (Wildman–Crippen MR) is 113 cm³/mol. The second kappa shape index (κ2) is 7.78. The number of rotatable bonds is 2. The first-order valence-electron chi connectivity index (χ1n) is 9.87. The molecule has 0 radical (unpaired) electrons. The summed E-state index contributed by atoms with van der Waals surface area (Å²) in [5, 5.41) is 5.79. The van der Waals surface area contributed by atoms with Gasteiger partial charge in [0.25, 0.3) is 0 Å². The SMILES string of the molecule is Cc1cc(N2CCN(C(=S)NC3CCCCC3)CC2)nc2ccccc12. The molecule has 1 aliphatic carbocycles. The fourth-order valence-corrected chi connectivity index (χ4v) is 4.49. The van der Waals surface area contributed by atoms with Gasteiger partial charge in [0, 0.05) is 37.6 Å². The van der Waals surface area contributed by atoms with E-state index in [2.05, 4.69) is 52.4 Å². The van der Waals surface area contributed by atoms with Crippen LogP contribution in [0.3, 0.4) is 0 Å². The first kappa shape index (κ1) is 17.5. The maximum atomic E-state index is 5.67. The van der Waals surface area contributed by atoms with Crippen LogP contribution in [-0.2, 0) is 0 Å². The van der Waals surface area contributed by atoms with Crippen molar-refractivity contribution in [3.8, 4) is 0 Å². The minimum absolute atomic E-state index is 0.582. The molecule has 0 bridgehead atoms. The van der Waals surface area contributed by atoms with Crippen molar-refractivity contribution >= 4 is 34.1 Å². The van der Waals surface area contributed by atoms with Gasteiger partial charge in [-0.05, 0) is 49.7 Å². The fraction of sp³-hybridized carbons (Fsp3) is 0.524. The van der Waals surface area contributed by atoms with Crippen molar-refractivity contribution in [2.45, 2.75) is 45.1 Å². The number of para-hydroxylation sites is 1. The molecule has 0 atom stereocenters. The molecule has 1 aromatic heterocycles. The van der Waals surface area contributed by atoms with Crippen molar-refractivity contribution < 1.29 is 0 Å². The molecule has 1 saturated carbocycles. The summed E-state index contributed by atoms with van der Waals surface area (Å²) in [5.74, 6) is 1.09. The van der Waals surface area contributed by atoms with E-state index < -0.39 is 0 Å². The summed E-state index contributed by atoms with van der Waals surface area (Å²) in [5.41, 5.74) is 2.38. The van der Waals surface area contributed by atoms with Crippen LogP contribution in [0.2, 0.25) is 0 Å². The Morgan fingerprint density at radius 1 is 1.08 bits per heavy atom. The molecule has 0 amide bonds. The molecule has 2 aromatic rings. The van der Waals surface area contributed by atoms with Gasteiger partial charge in [0.1, 0.15) is 5.82 Å². The van der Waals surface area contributed by atoms with Crippen LogP contribution in [0.4, 0.5) is 5.82 Å². The lowest BCUT2D eigenvalue weighted by Gasteiger charge is -2.38. The number of anilines is 1. The van der Waals surface area contributed by atoms with Gasteiger partial charge in [-0.3, -0.25) is 0 Å². The average Bonchev–Trinajstić information content (AvgIpc) is 2.69. The minimum atomic E-state index is 0.582. The summed E-state index contributed by atoms with van der Waals surface area (Å²) in [7, 11) is 0. The van der Waals surface area contributed by atoms with Crippen LogP contribution in [0.1, 0.15) is 37.7 Å². The molecular formula is C21H28N4S. The van der Waals surface area contributed by atoms with E-state index in [1.807, 2.05) is 0 Å². The molecule has 1 aliphatic heterocycles. The average molecular weight is 369 g/mol. The zero-order valence-corrected chi connectivity index (χ0v) is 16.4. The zero-order chi connectivity index (χ0) is 17.9. The summed E-state index contributed by atoms with van der Waals surface area (Å²) in [6.07, 6.45) is 6.57. The lowest BCUT2D eigenvalue weighted by Crippen LogP contribution is -2.53. The van der Waals surface area contributed by atoms with Gasteiger partial charge >= 0.3 is 0 Å². The van der Waals surface area contributed by atoms with Gasteiger partial charge in [-0.1, -0.05) is 37.5 Å². The summed E-state index contributed by atoms with van der Waals surface area (Å²) >= 11 is 5.67. The van der Waals surface area contributed by atoms with E-state index in [0.29, 0.717) is 6.04 Å². The number of aromatic nitrogens is 1. The number of hydrogen-bond donors (Lipinski definition) is 1. The Morgan fingerprint density at radius 3 is 2.58 bits per heavy atom. The lowest BCUT2D eigenvalue weighted by atomic mass is 9.96. The number of pyridine rings is 1. The summed E-state index contributed by atoms with van der Waals surface area (Å²) in [6, 6.07) is 11.2. The third-order valence-corrected chi connectivity index (χ3v) is 6.11. The maximum Gasteiger partial charge on any atom is 0.169 e. The van der Waals surface area contributed by atoms with Crippen molar-refractivity contribution in [3.05, 3.63) is 35.9 Å². The molecule has 2 heterocycles. The van der Waals surface area contributed by atoms with Gasteiger partial charge in [-0.15, -0.1) is 0 Å². The number of nitrogens with one attached hydrogen (secondary N) is 1. The third kappa shape index (κ3) is 3.78. The topological polar surface area (TPSA) is 31.4 Å². The molecular weight excluding hydrogens is 340 g/mol. The second-order valence-corrected chi connectivity index (χ2v) is 7.96. The standard InChI is InChI=1S/C21H28N4S/c1-16-15-20(23-19-10-6-5-9-18(16)19)24-11-13-25(14-12-24)21(26)22-17-7-3-2-4-8-17/h5-6,9-10,15,17H,2-4,7-8,11-14H2,1H3,(H,22,26). The predicted octanol–water partition coefficient (Wildman–Crippen LogP) is 3.87. The Bertz CT molecular complexity index is 777. The molecule has 0 spiro atoms. The van der Waals surface area contributed by atoms with Crippen LogP contribution in [-0.4, -0.2) is 47.2 Å². The third-order valence-electron chi connectivity index (χ3n) is 5.73. The number of benzene rings is 1. The van der Waals surface area contributed by atoms with Gasteiger partial charge in [0.2, 0.25) is 0 Å². The Morgan fingerprint density at radius 2 is 1.81 bits per heavy atom. The minimum Gasteiger partial charge on any atom is -0.360 e. The van der Waals surface area contributed by atoms with Gasteiger partial charge in [-0.2, -0.15) is 0 Å². The number of aryl methyl sites for hydroxylation is 1. The summed E-state index contributed by atoms with van der Waals surface area (Å²) in [4.78, 5) is 9.60. The molecule has 1 N–H and O–H groups in total.